The molecule has 1 amide bonds. The first kappa shape index (κ1) is 16.5. The first-order chi connectivity index (χ1) is 9.36. The number of benzene rings is 1. The van der Waals surface area contributed by atoms with Gasteiger partial charge in [-0.05, 0) is 32.0 Å². The Hall–Kier alpha value is -1.59. The maximum Gasteiger partial charge on any atom is 0.336 e. The topological polar surface area (TPSA) is 72.5 Å². The molecule has 20 heavy (non-hydrogen) atoms. The number of hydrogen-bond donors (Lipinski definition) is 1. The summed E-state index contributed by atoms with van der Waals surface area (Å²) in [6.07, 6.45) is 0. The first-order valence-corrected chi connectivity index (χ1v) is 6.55. The molecule has 0 heterocycles. The van der Waals surface area contributed by atoms with Gasteiger partial charge in [-0.3, -0.25) is 9.59 Å². The number of carbonyl (C=O) groups is 3. The van der Waals surface area contributed by atoms with Gasteiger partial charge in [0, 0.05) is 5.02 Å². The van der Waals surface area contributed by atoms with Crippen LogP contribution in [0.15, 0.2) is 18.2 Å². The van der Waals surface area contributed by atoms with Crippen molar-refractivity contribution in [3.05, 3.63) is 33.8 Å². The van der Waals surface area contributed by atoms with Gasteiger partial charge in [0.1, 0.15) is 0 Å². The molecular formula is C13H13Cl2NO4. The molecule has 1 N–H and O–H groups in total. The number of Topliss-reactive ketones (excluding diaryl/α,β-unsaturated/α-hetero) is 1. The molecule has 0 aromatic heterocycles. The molecule has 7 heteroatoms. The van der Waals surface area contributed by atoms with Gasteiger partial charge < -0.3 is 10.1 Å². The molecule has 1 rings (SSSR count). The quantitative estimate of drug-likeness (QED) is 0.667. The Labute approximate surface area is 126 Å². The summed E-state index contributed by atoms with van der Waals surface area (Å²) in [6.45, 7) is 2.90. The molecule has 1 aromatic carbocycles. The van der Waals surface area contributed by atoms with Crippen LogP contribution in [0.3, 0.4) is 0 Å². The number of halogens is 2. The van der Waals surface area contributed by atoms with E-state index in [1.807, 2.05) is 0 Å². The van der Waals surface area contributed by atoms with Gasteiger partial charge in [0.05, 0.1) is 17.2 Å². The van der Waals surface area contributed by atoms with E-state index in [1.54, 1.807) is 6.92 Å². The van der Waals surface area contributed by atoms with Crippen LogP contribution in [-0.4, -0.2) is 30.3 Å². The van der Waals surface area contributed by atoms with Crippen molar-refractivity contribution in [1.82, 2.24) is 5.32 Å². The van der Waals surface area contributed by atoms with E-state index < -0.39 is 23.7 Å². The van der Waals surface area contributed by atoms with Crippen molar-refractivity contribution in [2.24, 2.45) is 0 Å². The maximum atomic E-state index is 12.0. The van der Waals surface area contributed by atoms with Gasteiger partial charge in [-0.25, -0.2) is 4.79 Å². The molecule has 0 saturated heterocycles. The summed E-state index contributed by atoms with van der Waals surface area (Å²) >= 11 is 11.6. The van der Waals surface area contributed by atoms with Gasteiger partial charge in [0.15, 0.2) is 11.8 Å². The van der Waals surface area contributed by atoms with E-state index in [0.717, 1.165) is 0 Å². The zero-order chi connectivity index (χ0) is 15.3. The average molecular weight is 318 g/mol. The highest BCUT2D eigenvalue weighted by Gasteiger charge is 2.27. The summed E-state index contributed by atoms with van der Waals surface area (Å²) in [5.41, 5.74) is 0.117. The number of amides is 1. The Kier molecular flexibility index (Phi) is 5.98. The third kappa shape index (κ3) is 4.21. The van der Waals surface area contributed by atoms with Crippen LogP contribution in [-0.2, 0) is 14.3 Å². The molecule has 1 atom stereocenters. The van der Waals surface area contributed by atoms with Gasteiger partial charge in [0.25, 0.3) is 5.91 Å². The van der Waals surface area contributed by atoms with E-state index in [-0.39, 0.29) is 17.2 Å². The van der Waals surface area contributed by atoms with Crippen molar-refractivity contribution in [2.75, 3.05) is 6.61 Å². The second kappa shape index (κ2) is 7.26. The standard InChI is InChI=1S/C13H13Cl2NO4/c1-3-20-13(19)11(7(2)17)16-12(18)9-5-4-8(14)6-10(9)15/h4-6,11H,3H2,1-2H3,(H,16,18). The molecule has 0 spiro atoms. The lowest BCUT2D eigenvalue weighted by atomic mass is 10.1. The predicted octanol–water partition coefficient (Wildman–Crippen LogP) is 2.24. The van der Waals surface area contributed by atoms with E-state index in [9.17, 15) is 14.4 Å². The van der Waals surface area contributed by atoms with Crippen molar-refractivity contribution in [1.29, 1.82) is 0 Å². The average Bonchev–Trinajstić information content (AvgIpc) is 2.35. The molecule has 0 bridgehead atoms. The Balaban J connectivity index is 2.91. The van der Waals surface area contributed by atoms with Crippen LogP contribution in [0.25, 0.3) is 0 Å². The molecule has 108 valence electrons. The third-order valence-corrected chi connectivity index (χ3v) is 2.93. The highest BCUT2D eigenvalue weighted by Crippen LogP contribution is 2.20. The van der Waals surface area contributed by atoms with Crippen molar-refractivity contribution in [2.45, 2.75) is 19.9 Å². The van der Waals surface area contributed by atoms with Crippen LogP contribution < -0.4 is 5.32 Å². The number of ether oxygens (including phenoxy) is 1. The van der Waals surface area contributed by atoms with Crippen molar-refractivity contribution >= 4 is 40.9 Å². The summed E-state index contributed by atoms with van der Waals surface area (Å²) in [5, 5.41) is 2.79. The minimum atomic E-state index is -1.35. The van der Waals surface area contributed by atoms with Gasteiger partial charge in [0.2, 0.25) is 0 Å². The molecule has 0 radical (unpaired) electrons. The number of nitrogens with one attached hydrogen (secondary N) is 1. The Morgan fingerprint density at radius 3 is 2.45 bits per heavy atom. The minimum Gasteiger partial charge on any atom is -0.464 e. The van der Waals surface area contributed by atoms with E-state index in [0.29, 0.717) is 5.02 Å². The van der Waals surface area contributed by atoms with E-state index in [1.165, 1.54) is 25.1 Å². The highest BCUT2D eigenvalue weighted by molar-refractivity contribution is 6.36. The first-order valence-electron chi connectivity index (χ1n) is 5.79. The van der Waals surface area contributed by atoms with Crippen LogP contribution in [0.2, 0.25) is 10.0 Å². The van der Waals surface area contributed by atoms with Crippen molar-refractivity contribution in [3.8, 4) is 0 Å². The number of rotatable bonds is 5. The lowest BCUT2D eigenvalue weighted by Gasteiger charge is -2.15. The summed E-state index contributed by atoms with van der Waals surface area (Å²) in [4.78, 5) is 35.0. The largest absolute Gasteiger partial charge is 0.464 e. The Morgan fingerprint density at radius 2 is 1.95 bits per heavy atom. The molecular weight excluding hydrogens is 305 g/mol. The smallest absolute Gasteiger partial charge is 0.336 e. The molecule has 0 aliphatic rings. The summed E-state index contributed by atoms with van der Waals surface area (Å²) in [7, 11) is 0. The minimum absolute atomic E-state index is 0.111. The third-order valence-electron chi connectivity index (χ3n) is 2.38. The predicted molar refractivity (Wildman–Crippen MR) is 75.0 cm³/mol. The van der Waals surface area contributed by atoms with Crippen LogP contribution in [0, 0.1) is 0 Å². The second-order valence-corrected chi connectivity index (χ2v) is 4.74. The lowest BCUT2D eigenvalue weighted by molar-refractivity contribution is -0.148. The zero-order valence-corrected chi connectivity index (χ0v) is 12.4. The summed E-state index contributed by atoms with van der Waals surface area (Å²) < 4.78 is 4.72. The molecule has 5 nitrogen and oxygen atoms in total. The Morgan fingerprint density at radius 1 is 1.30 bits per heavy atom. The van der Waals surface area contributed by atoms with Crippen molar-refractivity contribution in [3.63, 3.8) is 0 Å². The van der Waals surface area contributed by atoms with Gasteiger partial charge in [-0.1, -0.05) is 23.2 Å². The summed E-state index contributed by atoms with van der Waals surface area (Å²) in [6, 6.07) is 2.93. The fourth-order valence-electron chi connectivity index (χ4n) is 1.43. The molecule has 0 aliphatic heterocycles. The second-order valence-electron chi connectivity index (χ2n) is 3.89. The van der Waals surface area contributed by atoms with Crippen LogP contribution >= 0.6 is 23.2 Å². The fraction of sp³-hybridized carbons (Fsp3) is 0.308. The normalized spacial score (nSPS) is 11.6. The molecule has 0 fully saturated rings. The highest BCUT2D eigenvalue weighted by atomic mass is 35.5. The molecule has 0 aliphatic carbocycles. The number of carbonyl (C=O) groups excluding carboxylic acids is 3. The van der Waals surface area contributed by atoms with Gasteiger partial charge >= 0.3 is 5.97 Å². The zero-order valence-electron chi connectivity index (χ0n) is 10.9. The van der Waals surface area contributed by atoms with Crippen LogP contribution in [0.1, 0.15) is 24.2 Å². The van der Waals surface area contributed by atoms with E-state index in [2.05, 4.69) is 5.32 Å². The molecule has 1 unspecified atom stereocenters. The van der Waals surface area contributed by atoms with Crippen molar-refractivity contribution < 1.29 is 19.1 Å². The van der Waals surface area contributed by atoms with Gasteiger partial charge in [-0.15, -0.1) is 0 Å². The van der Waals surface area contributed by atoms with Crippen LogP contribution in [0.4, 0.5) is 0 Å². The van der Waals surface area contributed by atoms with E-state index in [4.69, 9.17) is 27.9 Å². The maximum absolute atomic E-state index is 12.0. The molecule has 0 saturated carbocycles. The SMILES string of the molecule is CCOC(=O)C(NC(=O)c1ccc(Cl)cc1Cl)C(C)=O. The fourth-order valence-corrected chi connectivity index (χ4v) is 1.93. The Bertz CT molecular complexity index is 545. The van der Waals surface area contributed by atoms with E-state index >= 15 is 0 Å². The number of esters is 1. The van der Waals surface area contributed by atoms with Crippen LogP contribution in [0.5, 0.6) is 0 Å². The lowest BCUT2D eigenvalue weighted by Crippen LogP contribution is -2.46. The molecule has 1 aromatic rings. The van der Waals surface area contributed by atoms with Gasteiger partial charge in [-0.2, -0.15) is 0 Å². The number of ketones is 1. The summed E-state index contributed by atoms with van der Waals surface area (Å²) in [5.74, 6) is -1.99. The number of hydrogen-bond acceptors (Lipinski definition) is 4. The monoisotopic (exact) mass is 317 g/mol.